The first-order valence-corrected chi connectivity index (χ1v) is 6.85. The zero-order valence-corrected chi connectivity index (χ0v) is 12.7. The fourth-order valence-corrected chi connectivity index (χ4v) is 2.89. The van der Waals surface area contributed by atoms with Gasteiger partial charge in [0.05, 0.1) is 23.6 Å². The van der Waals surface area contributed by atoms with Crippen LogP contribution >= 0.6 is 0 Å². The third-order valence-electron chi connectivity index (χ3n) is 4.33. The molecule has 1 aromatic rings. The number of nitrogens with zero attached hydrogens (tertiary/aromatic N) is 3. The maximum atomic E-state index is 12.2. The molecule has 1 aliphatic rings. The molecule has 2 rings (SSSR count). The van der Waals surface area contributed by atoms with Crippen molar-refractivity contribution in [1.29, 1.82) is 15.8 Å². The first kappa shape index (κ1) is 16.1. The molecule has 6 heteroatoms. The second-order valence-electron chi connectivity index (χ2n) is 5.46. The van der Waals surface area contributed by atoms with Gasteiger partial charge in [0.25, 0.3) is 0 Å². The molecule has 2 N–H and O–H groups in total. The fraction of sp³-hybridized carbons (Fsp3) is 0.294. The van der Waals surface area contributed by atoms with E-state index < -0.39 is 22.7 Å². The lowest BCUT2D eigenvalue weighted by Crippen LogP contribution is -2.58. The third kappa shape index (κ3) is 2.03. The third-order valence-corrected chi connectivity index (χ3v) is 4.33. The quantitative estimate of drug-likeness (QED) is 0.889. The van der Waals surface area contributed by atoms with E-state index >= 15 is 0 Å². The van der Waals surface area contributed by atoms with Crippen LogP contribution in [0.5, 0.6) is 0 Å². The number of carbonyl (C=O) groups is 1. The lowest BCUT2D eigenvalue weighted by Gasteiger charge is -2.45. The van der Waals surface area contributed by atoms with Crippen LogP contribution in [0.1, 0.15) is 25.3 Å². The highest BCUT2D eigenvalue weighted by Gasteiger charge is 2.64. The van der Waals surface area contributed by atoms with Crippen molar-refractivity contribution in [2.45, 2.75) is 25.4 Å². The highest BCUT2D eigenvalue weighted by molar-refractivity contribution is 5.88. The minimum absolute atomic E-state index is 0.0296. The van der Waals surface area contributed by atoms with Crippen molar-refractivity contribution in [2.24, 2.45) is 11.1 Å². The normalized spacial score (nSPS) is 25.4. The molecule has 0 unspecified atom stereocenters. The van der Waals surface area contributed by atoms with Crippen molar-refractivity contribution in [1.82, 2.24) is 0 Å². The maximum absolute atomic E-state index is 12.2. The van der Waals surface area contributed by atoms with E-state index in [4.69, 9.17) is 10.5 Å². The van der Waals surface area contributed by atoms with Crippen molar-refractivity contribution < 1.29 is 9.53 Å². The molecule has 23 heavy (non-hydrogen) atoms. The molecule has 2 atom stereocenters. The molecule has 0 spiro atoms. The van der Waals surface area contributed by atoms with E-state index in [1.807, 2.05) is 18.2 Å². The van der Waals surface area contributed by atoms with Gasteiger partial charge in [-0.1, -0.05) is 30.3 Å². The average molecular weight is 306 g/mol. The predicted molar refractivity (Wildman–Crippen MR) is 79.8 cm³/mol. The minimum Gasteiger partial charge on any atom is -0.461 e. The molecule has 0 fully saturated rings. The Balaban J connectivity index is 2.90. The summed E-state index contributed by atoms with van der Waals surface area (Å²) in [6.07, 6.45) is 0. The van der Waals surface area contributed by atoms with Gasteiger partial charge < -0.3 is 10.5 Å². The summed E-state index contributed by atoms with van der Waals surface area (Å²) in [5.74, 6) is -1.73. The Labute approximate surface area is 134 Å². The Morgan fingerprint density at radius 1 is 1.22 bits per heavy atom. The Morgan fingerprint density at radius 2 is 1.78 bits per heavy atom. The molecule has 0 bridgehead atoms. The van der Waals surface area contributed by atoms with E-state index in [0.29, 0.717) is 5.56 Å². The highest BCUT2D eigenvalue weighted by Crippen LogP contribution is 2.53. The van der Waals surface area contributed by atoms with Gasteiger partial charge in [0, 0.05) is 0 Å². The Hall–Kier alpha value is -3.30. The van der Waals surface area contributed by atoms with E-state index in [-0.39, 0.29) is 11.5 Å². The number of benzene rings is 1. The molecule has 1 aliphatic heterocycles. The number of rotatable bonds is 2. The number of hydrogen-bond acceptors (Lipinski definition) is 6. The molecule has 6 nitrogen and oxygen atoms in total. The number of ketones is 1. The standard InChI is InChI=1S/C17H14N4O2/c1-11(22)16(2)17(9-19,10-20)14(12-6-4-3-5-7-12)13(8-18)15(21)23-16/h3-7,14H,21H2,1-2H3/t14-,16-/m1/s1. The molecule has 0 saturated carbocycles. The van der Waals surface area contributed by atoms with Gasteiger partial charge in [0.1, 0.15) is 6.07 Å². The summed E-state index contributed by atoms with van der Waals surface area (Å²) in [5.41, 5.74) is 2.66. The van der Waals surface area contributed by atoms with Crippen LogP contribution in [0, 0.1) is 39.4 Å². The van der Waals surface area contributed by atoms with E-state index in [1.165, 1.54) is 13.8 Å². The summed E-state index contributed by atoms with van der Waals surface area (Å²) >= 11 is 0. The summed E-state index contributed by atoms with van der Waals surface area (Å²) in [6.45, 7) is 2.59. The lowest BCUT2D eigenvalue weighted by atomic mass is 9.59. The molecule has 0 radical (unpaired) electrons. The molecular weight excluding hydrogens is 292 g/mol. The molecule has 0 aromatic heterocycles. The van der Waals surface area contributed by atoms with E-state index in [2.05, 4.69) is 0 Å². The van der Waals surface area contributed by atoms with Gasteiger partial charge in [-0.3, -0.25) is 4.79 Å². The van der Waals surface area contributed by atoms with Crippen LogP contribution < -0.4 is 5.73 Å². The van der Waals surface area contributed by atoms with Crippen molar-refractivity contribution in [2.75, 3.05) is 0 Å². The number of nitriles is 3. The highest BCUT2D eigenvalue weighted by atomic mass is 16.5. The SMILES string of the molecule is CC(=O)[C@@]1(C)OC(N)=C(C#N)[C@@H](c2ccccc2)C1(C#N)C#N. The Kier molecular flexibility index (Phi) is 3.83. The number of Topliss-reactive ketones (excluding diaryl/α,β-unsaturated/α-hetero) is 1. The molecular formula is C17H14N4O2. The largest absolute Gasteiger partial charge is 0.461 e. The van der Waals surface area contributed by atoms with Gasteiger partial charge in [0.2, 0.25) is 5.41 Å². The van der Waals surface area contributed by atoms with Crippen molar-refractivity contribution >= 4 is 5.78 Å². The first-order chi connectivity index (χ1) is 10.9. The fourth-order valence-electron chi connectivity index (χ4n) is 2.89. The molecule has 1 heterocycles. The second-order valence-corrected chi connectivity index (χ2v) is 5.46. The molecule has 1 aromatic carbocycles. The smallest absolute Gasteiger partial charge is 0.201 e. The van der Waals surface area contributed by atoms with Gasteiger partial charge in [0.15, 0.2) is 17.3 Å². The second kappa shape index (κ2) is 5.48. The zero-order valence-electron chi connectivity index (χ0n) is 12.7. The van der Waals surface area contributed by atoms with Gasteiger partial charge in [-0.2, -0.15) is 15.8 Å². The summed E-state index contributed by atoms with van der Waals surface area (Å²) in [5, 5.41) is 29.0. The molecule has 0 saturated heterocycles. The lowest BCUT2D eigenvalue weighted by molar-refractivity contribution is -0.147. The van der Waals surface area contributed by atoms with Crippen LogP contribution in [0.15, 0.2) is 41.8 Å². The van der Waals surface area contributed by atoms with E-state index in [1.54, 1.807) is 30.3 Å². The number of allylic oxidation sites excluding steroid dienone is 1. The number of nitrogens with two attached hydrogens (primary N) is 1. The number of hydrogen-bond donors (Lipinski definition) is 1. The van der Waals surface area contributed by atoms with Crippen LogP contribution in [-0.4, -0.2) is 11.4 Å². The Bertz CT molecular complexity index is 794. The van der Waals surface area contributed by atoms with Crippen LogP contribution in [0.4, 0.5) is 0 Å². The predicted octanol–water partition coefficient (Wildman–Crippen LogP) is 1.88. The van der Waals surface area contributed by atoms with Gasteiger partial charge in [-0.25, -0.2) is 0 Å². The van der Waals surface area contributed by atoms with Crippen LogP contribution in [0.25, 0.3) is 0 Å². The van der Waals surface area contributed by atoms with E-state index in [0.717, 1.165) is 0 Å². The van der Waals surface area contributed by atoms with Gasteiger partial charge in [-0.15, -0.1) is 0 Å². The summed E-state index contributed by atoms with van der Waals surface area (Å²) in [4.78, 5) is 12.2. The number of carbonyl (C=O) groups excluding carboxylic acids is 1. The molecule has 114 valence electrons. The molecule has 0 amide bonds. The summed E-state index contributed by atoms with van der Waals surface area (Å²) in [7, 11) is 0. The Morgan fingerprint density at radius 3 is 2.22 bits per heavy atom. The summed E-state index contributed by atoms with van der Waals surface area (Å²) in [6, 6.07) is 14.4. The van der Waals surface area contributed by atoms with Crippen molar-refractivity contribution in [3.63, 3.8) is 0 Å². The molecule has 0 aliphatic carbocycles. The topological polar surface area (TPSA) is 124 Å². The minimum atomic E-state index is -1.91. The van der Waals surface area contributed by atoms with Gasteiger partial charge in [-0.05, 0) is 19.4 Å². The first-order valence-electron chi connectivity index (χ1n) is 6.85. The number of ether oxygens (including phenoxy) is 1. The maximum Gasteiger partial charge on any atom is 0.201 e. The van der Waals surface area contributed by atoms with Crippen LogP contribution in [-0.2, 0) is 9.53 Å². The monoisotopic (exact) mass is 306 g/mol. The van der Waals surface area contributed by atoms with Crippen LogP contribution in [0.3, 0.4) is 0 Å². The van der Waals surface area contributed by atoms with Gasteiger partial charge >= 0.3 is 0 Å². The zero-order chi connectivity index (χ0) is 17.3. The summed E-state index contributed by atoms with van der Waals surface area (Å²) < 4.78 is 5.43. The van der Waals surface area contributed by atoms with Crippen LogP contribution in [0.2, 0.25) is 0 Å². The average Bonchev–Trinajstić information content (AvgIpc) is 2.55. The van der Waals surface area contributed by atoms with Crippen molar-refractivity contribution in [3.8, 4) is 18.2 Å². The van der Waals surface area contributed by atoms with Crippen molar-refractivity contribution in [3.05, 3.63) is 47.4 Å². The van der Waals surface area contributed by atoms with E-state index in [9.17, 15) is 20.6 Å².